The van der Waals surface area contributed by atoms with Crippen molar-refractivity contribution in [2.75, 3.05) is 26.3 Å². The van der Waals surface area contributed by atoms with Gasteiger partial charge in [0.15, 0.2) is 0 Å². The van der Waals surface area contributed by atoms with Crippen LogP contribution < -0.4 is 10.6 Å². The minimum atomic E-state index is 0.567. The van der Waals surface area contributed by atoms with Crippen molar-refractivity contribution in [1.29, 1.82) is 0 Å². The average Bonchev–Trinajstić information content (AvgIpc) is 2.76. The third-order valence-electron chi connectivity index (χ3n) is 4.78. The second-order valence-corrected chi connectivity index (χ2v) is 6.58. The average molecular weight is 268 g/mol. The van der Waals surface area contributed by atoms with Crippen molar-refractivity contribution in [3.05, 3.63) is 0 Å². The lowest BCUT2D eigenvalue weighted by Gasteiger charge is -2.23. The molecule has 0 bridgehead atoms. The SMILES string of the molecule is CCCNC1COCC1CNC1CCCC(C)CC1. The van der Waals surface area contributed by atoms with Crippen LogP contribution in [0.3, 0.4) is 0 Å². The van der Waals surface area contributed by atoms with E-state index >= 15 is 0 Å². The third-order valence-corrected chi connectivity index (χ3v) is 4.78. The number of hydrogen-bond donors (Lipinski definition) is 2. The molecule has 3 heteroatoms. The van der Waals surface area contributed by atoms with Crippen molar-refractivity contribution in [3.63, 3.8) is 0 Å². The maximum atomic E-state index is 5.65. The number of hydrogen-bond acceptors (Lipinski definition) is 3. The summed E-state index contributed by atoms with van der Waals surface area (Å²) in [5.74, 6) is 1.59. The first-order chi connectivity index (χ1) is 9.29. The van der Waals surface area contributed by atoms with Crippen molar-refractivity contribution in [2.45, 2.75) is 64.5 Å². The standard InChI is InChI=1S/C16H32N2O/c1-3-9-17-16-12-19-11-14(16)10-18-15-6-4-5-13(2)7-8-15/h13-18H,3-12H2,1-2H3. The van der Waals surface area contributed by atoms with Crippen LogP contribution in [0.15, 0.2) is 0 Å². The lowest BCUT2D eigenvalue weighted by molar-refractivity contribution is 0.181. The van der Waals surface area contributed by atoms with Gasteiger partial charge in [0, 0.05) is 24.5 Å². The van der Waals surface area contributed by atoms with Crippen molar-refractivity contribution >= 4 is 0 Å². The van der Waals surface area contributed by atoms with E-state index in [1.165, 1.54) is 38.5 Å². The van der Waals surface area contributed by atoms with Crippen molar-refractivity contribution in [1.82, 2.24) is 10.6 Å². The van der Waals surface area contributed by atoms with Gasteiger partial charge in [0.05, 0.1) is 13.2 Å². The predicted molar refractivity (Wildman–Crippen MR) is 80.4 cm³/mol. The summed E-state index contributed by atoms with van der Waals surface area (Å²) in [5, 5.41) is 7.43. The van der Waals surface area contributed by atoms with Crippen LogP contribution in [-0.2, 0) is 4.74 Å². The first kappa shape index (κ1) is 15.3. The monoisotopic (exact) mass is 268 g/mol. The Kier molecular flexibility index (Phi) is 6.62. The summed E-state index contributed by atoms with van der Waals surface area (Å²) in [7, 11) is 0. The predicted octanol–water partition coefficient (Wildman–Crippen LogP) is 2.56. The Morgan fingerprint density at radius 3 is 2.79 bits per heavy atom. The van der Waals surface area contributed by atoms with E-state index in [0.717, 1.165) is 38.3 Å². The molecule has 0 spiro atoms. The van der Waals surface area contributed by atoms with E-state index in [0.29, 0.717) is 12.0 Å². The molecule has 0 aromatic carbocycles. The molecule has 1 saturated heterocycles. The summed E-state index contributed by atoms with van der Waals surface area (Å²) in [4.78, 5) is 0. The lowest BCUT2D eigenvalue weighted by atomic mass is 10.0. The molecule has 1 aliphatic heterocycles. The second-order valence-electron chi connectivity index (χ2n) is 6.58. The van der Waals surface area contributed by atoms with E-state index in [9.17, 15) is 0 Å². The molecule has 1 aliphatic carbocycles. The van der Waals surface area contributed by atoms with Crippen molar-refractivity contribution in [3.8, 4) is 0 Å². The Hall–Kier alpha value is -0.120. The van der Waals surface area contributed by atoms with E-state index in [4.69, 9.17) is 4.74 Å². The molecule has 2 fully saturated rings. The molecule has 112 valence electrons. The van der Waals surface area contributed by atoms with E-state index < -0.39 is 0 Å². The fourth-order valence-corrected chi connectivity index (χ4v) is 3.36. The minimum absolute atomic E-state index is 0.567. The normalized spacial score (nSPS) is 36.3. The van der Waals surface area contributed by atoms with Gasteiger partial charge >= 0.3 is 0 Å². The van der Waals surface area contributed by atoms with Gasteiger partial charge in [-0.05, 0) is 38.1 Å². The molecular weight excluding hydrogens is 236 g/mol. The molecule has 0 aromatic heterocycles. The molecule has 3 nitrogen and oxygen atoms in total. The highest BCUT2D eigenvalue weighted by atomic mass is 16.5. The Morgan fingerprint density at radius 2 is 1.95 bits per heavy atom. The zero-order chi connectivity index (χ0) is 13.5. The summed E-state index contributed by atoms with van der Waals surface area (Å²) < 4.78 is 5.65. The summed E-state index contributed by atoms with van der Waals surface area (Å²) in [6.07, 6.45) is 8.16. The van der Waals surface area contributed by atoms with E-state index in [1.807, 2.05) is 0 Å². The van der Waals surface area contributed by atoms with E-state index in [2.05, 4.69) is 24.5 Å². The largest absolute Gasteiger partial charge is 0.379 e. The number of rotatable bonds is 6. The smallest absolute Gasteiger partial charge is 0.0623 e. The maximum absolute atomic E-state index is 5.65. The minimum Gasteiger partial charge on any atom is -0.379 e. The quantitative estimate of drug-likeness (QED) is 0.726. The molecule has 4 atom stereocenters. The van der Waals surface area contributed by atoms with Gasteiger partial charge < -0.3 is 15.4 Å². The van der Waals surface area contributed by atoms with Gasteiger partial charge in [0.1, 0.15) is 0 Å². The number of ether oxygens (including phenoxy) is 1. The molecule has 2 rings (SSSR count). The van der Waals surface area contributed by atoms with Crippen LogP contribution in [0.5, 0.6) is 0 Å². The van der Waals surface area contributed by atoms with Crippen LogP contribution in [0, 0.1) is 11.8 Å². The highest BCUT2D eigenvalue weighted by Gasteiger charge is 2.28. The van der Waals surface area contributed by atoms with Crippen LogP contribution >= 0.6 is 0 Å². The van der Waals surface area contributed by atoms with Crippen LogP contribution in [0.1, 0.15) is 52.4 Å². The van der Waals surface area contributed by atoms with E-state index in [-0.39, 0.29) is 0 Å². The molecular formula is C16H32N2O. The van der Waals surface area contributed by atoms with Crippen LogP contribution in [-0.4, -0.2) is 38.4 Å². The lowest BCUT2D eigenvalue weighted by Crippen LogP contribution is -2.43. The maximum Gasteiger partial charge on any atom is 0.0623 e. The number of nitrogens with one attached hydrogen (secondary N) is 2. The molecule has 0 radical (unpaired) electrons. The Balaban J connectivity index is 1.68. The van der Waals surface area contributed by atoms with Gasteiger partial charge in [0.25, 0.3) is 0 Å². The summed E-state index contributed by atoms with van der Waals surface area (Å²) in [6.45, 7) is 8.69. The van der Waals surface area contributed by atoms with Crippen LogP contribution in [0.2, 0.25) is 0 Å². The molecule has 19 heavy (non-hydrogen) atoms. The highest BCUT2D eigenvalue weighted by molar-refractivity contribution is 4.84. The topological polar surface area (TPSA) is 33.3 Å². The summed E-state index contributed by atoms with van der Waals surface area (Å²) >= 11 is 0. The molecule has 4 unspecified atom stereocenters. The first-order valence-electron chi connectivity index (χ1n) is 8.34. The van der Waals surface area contributed by atoms with E-state index in [1.54, 1.807) is 0 Å². The van der Waals surface area contributed by atoms with Crippen LogP contribution in [0.25, 0.3) is 0 Å². The molecule has 2 aliphatic rings. The van der Waals surface area contributed by atoms with Gasteiger partial charge in [0.2, 0.25) is 0 Å². The Morgan fingerprint density at radius 1 is 1.05 bits per heavy atom. The fourth-order valence-electron chi connectivity index (χ4n) is 3.36. The fraction of sp³-hybridized carbons (Fsp3) is 1.00. The van der Waals surface area contributed by atoms with Gasteiger partial charge in [-0.1, -0.05) is 26.7 Å². The molecule has 0 amide bonds. The third kappa shape index (κ3) is 5.05. The van der Waals surface area contributed by atoms with Gasteiger partial charge in [-0.25, -0.2) is 0 Å². The zero-order valence-corrected chi connectivity index (χ0v) is 12.8. The van der Waals surface area contributed by atoms with Gasteiger partial charge in [-0.3, -0.25) is 0 Å². The Labute approximate surface area is 118 Å². The Bertz CT molecular complexity index is 247. The first-order valence-corrected chi connectivity index (χ1v) is 8.34. The zero-order valence-electron chi connectivity index (χ0n) is 12.8. The summed E-state index contributed by atoms with van der Waals surface area (Å²) in [5.41, 5.74) is 0. The van der Waals surface area contributed by atoms with Crippen molar-refractivity contribution in [2.24, 2.45) is 11.8 Å². The second kappa shape index (κ2) is 8.23. The van der Waals surface area contributed by atoms with Gasteiger partial charge in [-0.15, -0.1) is 0 Å². The molecule has 0 aromatic rings. The van der Waals surface area contributed by atoms with Crippen molar-refractivity contribution < 1.29 is 4.74 Å². The molecule has 1 heterocycles. The van der Waals surface area contributed by atoms with Crippen LogP contribution in [0.4, 0.5) is 0 Å². The summed E-state index contributed by atoms with van der Waals surface area (Å²) in [6, 6.07) is 1.31. The highest BCUT2D eigenvalue weighted by Crippen LogP contribution is 2.23. The van der Waals surface area contributed by atoms with Gasteiger partial charge in [-0.2, -0.15) is 0 Å². The molecule has 2 N–H and O–H groups in total. The molecule has 1 saturated carbocycles.